The van der Waals surface area contributed by atoms with Gasteiger partial charge in [0.15, 0.2) is 14.1 Å². The minimum Gasteiger partial charge on any atom is -0.383 e. The molecule has 0 fully saturated rings. The minimum atomic E-state index is -3.61. The Morgan fingerprint density at radius 2 is 1.77 bits per heavy atom. The molecule has 8 nitrogen and oxygen atoms in total. The molecule has 0 aromatic carbocycles. The van der Waals surface area contributed by atoms with E-state index in [-0.39, 0.29) is 9.22 Å². The molecule has 2 aliphatic rings. The molecule has 2 aliphatic carbocycles. The van der Waals surface area contributed by atoms with Crippen LogP contribution in [0.25, 0.3) is 0 Å². The van der Waals surface area contributed by atoms with E-state index in [2.05, 4.69) is 19.4 Å². The highest BCUT2D eigenvalue weighted by molar-refractivity contribution is 7.94. The largest absolute Gasteiger partial charge is 0.383 e. The van der Waals surface area contributed by atoms with E-state index in [0.717, 1.165) is 78.1 Å². The molecule has 30 heavy (non-hydrogen) atoms. The van der Waals surface area contributed by atoms with Crippen LogP contribution in [0.2, 0.25) is 0 Å². The molecule has 4 rings (SSSR count). The van der Waals surface area contributed by atoms with E-state index in [4.69, 9.17) is 4.98 Å². The molecule has 0 saturated carbocycles. The summed E-state index contributed by atoms with van der Waals surface area (Å²) in [5.74, 6) is -1.02. The van der Waals surface area contributed by atoms with Crippen molar-refractivity contribution in [2.45, 2.75) is 62.2 Å². The molecule has 162 valence electrons. The van der Waals surface area contributed by atoms with Crippen molar-refractivity contribution in [2.75, 3.05) is 12.4 Å². The number of thiazole rings is 1. The lowest BCUT2D eigenvalue weighted by atomic mass is 10.1. The Kier molecular flexibility index (Phi) is 5.41. The Hall–Kier alpha value is -1.95. The molecule has 0 saturated heterocycles. The van der Waals surface area contributed by atoms with Crippen molar-refractivity contribution in [2.24, 2.45) is 4.36 Å². The summed E-state index contributed by atoms with van der Waals surface area (Å²) in [6, 6.07) is -0.818. The number of hydrogen-bond acceptors (Lipinski definition) is 6. The van der Waals surface area contributed by atoms with Crippen molar-refractivity contribution in [3.8, 4) is 0 Å². The van der Waals surface area contributed by atoms with E-state index in [1.807, 2.05) is 0 Å². The summed E-state index contributed by atoms with van der Waals surface area (Å²) < 4.78 is 33.6. The van der Waals surface area contributed by atoms with Crippen LogP contribution < -0.4 is 10.0 Å². The molecule has 0 radical (unpaired) electrons. The number of rotatable bonds is 4. The third kappa shape index (κ3) is 3.75. The number of nitrogens with one attached hydrogen (secondary N) is 2. The second kappa shape index (κ2) is 7.63. The molecule has 2 amide bonds. The van der Waals surface area contributed by atoms with Gasteiger partial charge in [0.1, 0.15) is 10.6 Å². The maximum absolute atomic E-state index is 14.4. The summed E-state index contributed by atoms with van der Waals surface area (Å²) in [7, 11) is -2.27. The SMILES string of the molecule is CNS(=O)(=NC(=O)Nc1c2c(nc3c1CCC3)CCC2)c1sc(C(C)(C)O)nc1F. The van der Waals surface area contributed by atoms with Crippen molar-refractivity contribution in [3.05, 3.63) is 33.5 Å². The Labute approximate surface area is 178 Å². The topological polar surface area (TPSA) is 117 Å². The smallest absolute Gasteiger partial charge is 0.354 e. The maximum atomic E-state index is 14.4. The molecular formula is C19H24FN5O3S2. The van der Waals surface area contributed by atoms with Gasteiger partial charge in [-0.2, -0.15) is 4.39 Å². The normalized spacial score (nSPS) is 17.4. The first kappa shape index (κ1) is 21.3. The number of aliphatic hydroxyl groups is 1. The minimum absolute atomic E-state index is 0.0540. The maximum Gasteiger partial charge on any atom is 0.354 e. The van der Waals surface area contributed by atoms with Crippen LogP contribution >= 0.6 is 11.3 Å². The molecule has 1 unspecified atom stereocenters. The Balaban J connectivity index is 1.71. The first-order chi connectivity index (χ1) is 14.1. The predicted octanol–water partition coefficient (Wildman–Crippen LogP) is 3.08. The quantitative estimate of drug-likeness (QED) is 0.658. The molecule has 0 aliphatic heterocycles. The summed E-state index contributed by atoms with van der Waals surface area (Å²) >= 11 is 0.729. The number of fused-ring (bicyclic) bond motifs is 2. The van der Waals surface area contributed by atoms with Crippen molar-refractivity contribution >= 4 is 33.0 Å². The van der Waals surface area contributed by atoms with E-state index in [1.54, 1.807) is 0 Å². The van der Waals surface area contributed by atoms with Crippen molar-refractivity contribution in [3.63, 3.8) is 0 Å². The zero-order valence-electron chi connectivity index (χ0n) is 17.0. The van der Waals surface area contributed by atoms with Crippen molar-refractivity contribution in [1.29, 1.82) is 0 Å². The lowest BCUT2D eigenvalue weighted by Gasteiger charge is -2.14. The number of aromatic nitrogens is 2. The van der Waals surface area contributed by atoms with Crippen LogP contribution in [-0.2, 0) is 41.2 Å². The fourth-order valence-corrected chi connectivity index (χ4v) is 6.53. The van der Waals surface area contributed by atoms with E-state index in [1.165, 1.54) is 20.9 Å². The Morgan fingerprint density at radius 3 is 2.27 bits per heavy atom. The third-order valence-electron chi connectivity index (χ3n) is 5.30. The highest BCUT2D eigenvalue weighted by Gasteiger charge is 2.30. The Bertz CT molecular complexity index is 1110. The third-order valence-corrected chi connectivity index (χ3v) is 9.02. The highest BCUT2D eigenvalue weighted by Crippen LogP contribution is 2.37. The van der Waals surface area contributed by atoms with Gasteiger partial charge in [0.05, 0.1) is 5.69 Å². The Morgan fingerprint density at radius 1 is 1.17 bits per heavy atom. The monoisotopic (exact) mass is 453 g/mol. The van der Waals surface area contributed by atoms with E-state index >= 15 is 0 Å². The lowest BCUT2D eigenvalue weighted by Crippen LogP contribution is -2.22. The number of halogens is 1. The molecule has 3 N–H and O–H groups in total. The zero-order chi connectivity index (χ0) is 21.7. The first-order valence-corrected chi connectivity index (χ1v) is 12.1. The summed E-state index contributed by atoms with van der Waals surface area (Å²) in [5.41, 5.74) is 3.36. The standard InChI is InChI=1S/C19H24FN5O3S2/c1-19(2,27)17-24-15(20)16(29-17)30(28,21-3)25-18(26)23-14-10-6-4-8-12(10)22-13-9-5-7-11(13)14/h27H,4-9H2,1-3H3,(H2,21,22,23,25,26,28). The van der Waals surface area contributed by atoms with Gasteiger partial charge in [-0.05, 0) is 70.5 Å². The summed E-state index contributed by atoms with van der Waals surface area (Å²) in [6.45, 7) is 2.90. The fourth-order valence-electron chi connectivity index (χ4n) is 3.88. The number of aryl methyl sites for hydroxylation is 2. The second-order valence-corrected chi connectivity index (χ2v) is 11.3. The number of carbonyl (C=O) groups excluding carboxylic acids is 1. The van der Waals surface area contributed by atoms with Crippen molar-refractivity contribution < 1.29 is 18.5 Å². The van der Waals surface area contributed by atoms with Crippen LogP contribution in [0.4, 0.5) is 14.9 Å². The fraction of sp³-hybridized carbons (Fsp3) is 0.526. The van der Waals surface area contributed by atoms with Crippen molar-refractivity contribution in [1.82, 2.24) is 14.7 Å². The second-order valence-electron chi connectivity index (χ2n) is 7.95. The predicted molar refractivity (Wildman–Crippen MR) is 113 cm³/mol. The summed E-state index contributed by atoms with van der Waals surface area (Å²) in [4.78, 5) is 21.2. The number of urea groups is 1. The number of carbonyl (C=O) groups is 1. The molecule has 11 heteroatoms. The van der Waals surface area contributed by atoms with Gasteiger partial charge < -0.3 is 10.4 Å². The first-order valence-electron chi connectivity index (χ1n) is 9.81. The van der Waals surface area contributed by atoms with E-state index < -0.39 is 27.5 Å². The number of anilines is 1. The van der Waals surface area contributed by atoms with Crippen LogP contribution in [0.1, 0.15) is 54.2 Å². The van der Waals surface area contributed by atoms with Gasteiger partial charge in [-0.25, -0.2) is 18.7 Å². The zero-order valence-corrected chi connectivity index (χ0v) is 18.7. The molecule has 0 bridgehead atoms. The molecule has 1 atom stereocenters. The van der Waals surface area contributed by atoms with Gasteiger partial charge in [0, 0.05) is 11.4 Å². The lowest BCUT2D eigenvalue weighted by molar-refractivity contribution is 0.0776. The van der Waals surface area contributed by atoms with Gasteiger partial charge >= 0.3 is 6.03 Å². The van der Waals surface area contributed by atoms with Gasteiger partial charge in [0.2, 0.25) is 5.95 Å². The van der Waals surface area contributed by atoms with Crippen LogP contribution in [0, 0.1) is 5.95 Å². The number of amides is 2. The molecule has 2 heterocycles. The number of pyridine rings is 1. The van der Waals surface area contributed by atoms with Crippen LogP contribution in [0.5, 0.6) is 0 Å². The van der Waals surface area contributed by atoms with Gasteiger partial charge in [-0.3, -0.25) is 4.98 Å². The van der Waals surface area contributed by atoms with Crippen LogP contribution in [0.3, 0.4) is 0 Å². The van der Waals surface area contributed by atoms with Crippen LogP contribution in [0.15, 0.2) is 8.57 Å². The highest BCUT2D eigenvalue weighted by atomic mass is 32.2. The van der Waals surface area contributed by atoms with E-state index in [9.17, 15) is 18.5 Å². The molecule has 2 aromatic heterocycles. The molecular weight excluding hydrogens is 429 g/mol. The van der Waals surface area contributed by atoms with Gasteiger partial charge in [0.25, 0.3) is 0 Å². The average Bonchev–Trinajstić information content (AvgIpc) is 3.39. The molecule has 0 spiro atoms. The van der Waals surface area contributed by atoms with Gasteiger partial charge in [-0.1, -0.05) is 0 Å². The average molecular weight is 454 g/mol. The van der Waals surface area contributed by atoms with Gasteiger partial charge in [-0.15, -0.1) is 15.7 Å². The number of nitrogens with zero attached hydrogens (tertiary/aromatic N) is 3. The summed E-state index contributed by atoms with van der Waals surface area (Å²) in [5, 5.41) is 12.9. The van der Waals surface area contributed by atoms with E-state index in [0.29, 0.717) is 0 Å². The summed E-state index contributed by atoms with van der Waals surface area (Å²) in [6.07, 6.45) is 5.36. The molecule has 2 aromatic rings. The number of hydrogen-bond donors (Lipinski definition) is 3. The van der Waals surface area contributed by atoms with Crippen LogP contribution in [-0.4, -0.2) is 32.4 Å².